The summed E-state index contributed by atoms with van der Waals surface area (Å²) in [6.07, 6.45) is 1.11. The van der Waals surface area contributed by atoms with Gasteiger partial charge in [-0.05, 0) is 47.2 Å². The number of aliphatic hydroxyl groups is 1. The molecule has 1 fully saturated rings. The quantitative estimate of drug-likeness (QED) is 0.660. The van der Waals surface area contributed by atoms with Crippen molar-refractivity contribution < 1.29 is 9.50 Å². The standard InChI is InChI=1S/C25H24FNO/c26-23-13-11-22(12-14-23)25(28)27-17-15-21(16-18-27)24(19-7-3-1-4-8-19)20-9-5-2-6-10-20/h1-14,25,28H,15-18H2. The van der Waals surface area contributed by atoms with Crippen molar-refractivity contribution in [3.8, 4) is 0 Å². The molecule has 142 valence electrons. The summed E-state index contributed by atoms with van der Waals surface area (Å²) in [6.45, 7) is 1.55. The van der Waals surface area contributed by atoms with Crippen LogP contribution in [0.3, 0.4) is 0 Å². The van der Waals surface area contributed by atoms with Crippen molar-refractivity contribution in [2.24, 2.45) is 0 Å². The van der Waals surface area contributed by atoms with Crippen LogP contribution < -0.4 is 0 Å². The van der Waals surface area contributed by atoms with Crippen LogP contribution in [0.2, 0.25) is 0 Å². The van der Waals surface area contributed by atoms with Gasteiger partial charge < -0.3 is 5.11 Å². The van der Waals surface area contributed by atoms with Crippen LogP contribution in [0, 0.1) is 5.82 Å². The molecule has 3 heteroatoms. The van der Waals surface area contributed by atoms with E-state index in [1.807, 2.05) is 12.1 Å². The third-order valence-corrected chi connectivity index (χ3v) is 5.39. The maximum absolute atomic E-state index is 13.2. The fourth-order valence-corrected chi connectivity index (χ4v) is 3.92. The minimum absolute atomic E-state index is 0.282. The third kappa shape index (κ3) is 4.06. The fourth-order valence-electron chi connectivity index (χ4n) is 3.92. The molecule has 1 heterocycles. The van der Waals surface area contributed by atoms with Gasteiger partial charge in [0.15, 0.2) is 0 Å². The Labute approximate surface area is 165 Å². The summed E-state index contributed by atoms with van der Waals surface area (Å²) in [7, 11) is 0. The second kappa shape index (κ2) is 8.51. The molecule has 2 nitrogen and oxygen atoms in total. The summed E-state index contributed by atoms with van der Waals surface area (Å²) in [4.78, 5) is 2.06. The number of hydrogen-bond acceptors (Lipinski definition) is 2. The predicted molar refractivity (Wildman–Crippen MR) is 111 cm³/mol. The van der Waals surface area contributed by atoms with Crippen LogP contribution in [0.25, 0.3) is 5.57 Å². The Kier molecular flexibility index (Phi) is 5.65. The summed E-state index contributed by atoms with van der Waals surface area (Å²) in [6, 6.07) is 27.1. The van der Waals surface area contributed by atoms with E-state index >= 15 is 0 Å². The van der Waals surface area contributed by atoms with E-state index < -0.39 is 6.23 Å². The number of rotatable bonds is 4. The number of hydrogen-bond donors (Lipinski definition) is 1. The van der Waals surface area contributed by atoms with Gasteiger partial charge in [-0.15, -0.1) is 0 Å². The molecule has 0 saturated carbocycles. The van der Waals surface area contributed by atoms with Crippen molar-refractivity contribution in [3.05, 3.63) is 113 Å². The maximum Gasteiger partial charge on any atom is 0.133 e. The van der Waals surface area contributed by atoms with Crippen LogP contribution >= 0.6 is 0 Å². The summed E-state index contributed by atoms with van der Waals surface area (Å²) >= 11 is 0. The van der Waals surface area contributed by atoms with Gasteiger partial charge in [0.05, 0.1) is 0 Å². The van der Waals surface area contributed by atoms with Crippen molar-refractivity contribution in [2.45, 2.75) is 19.1 Å². The zero-order valence-corrected chi connectivity index (χ0v) is 15.8. The van der Waals surface area contributed by atoms with Gasteiger partial charge in [-0.1, -0.05) is 78.4 Å². The van der Waals surface area contributed by atoms with E-state index in [1.54, 1.807) is 12.1 Å². The maximum atomic E-state index is 13.2. The average Bonchev–Trinajstić information content (AvgIpc) is 2.76. The van der Waals surface area contributed by atoms with E-state index in [0.717, 1.165) is 31.5 Å². The molecule has 1 aliphatic heterocycles. The minimum atomic E-state index is -0.695. The predicted octanol–water partition coefficient (Wildman–Crippen LogP) is 5.41. The minimum Gasteiger partial charge on any atom is -0.374 e. The van der Waals surface area contributed by atoms with Gasteiger partial charge in [-0.3, -0.25) is 4.90 Å². The SMILES string of the molecule is OC(c1ccc(F)cc1)N1CCC(=C(c2ccccc2)c2ccccc2)CC1. The molecule has 1 aliphatic rings. The number of nitrogens with zero attached hydrogens (tertiary/aromatic N) is 1. The van der Waals surface area contributed by atoms with Gasteiger partial charge in [-0.25, -0.2) is 4.39 Å². The van der Waals surface area contributed by atoms with Crippen LogP contribution in [-0.4, -0.2) is 23.1 Å². The Hall–Kier alpha value is -2.75. The summed E-state index contributed by atoms with van der Waals surface area (Å²) < 4.78 is 13.2. The van der Waals surface area contributed by atoms with E-state index in [2.05, 4.69) is 53.4 Å². The highest BCUT2D eigenvalue weighted by molar-refractivity contribution is 5.82. The number of likely N-dealkylation sites (tertiary alicyclic amines) is 1. The van der Waals surface area contributed by atoms with Crippen LogP contribution in [0.5, 0.6) is 0 Å². The molecule has 1 unspecified atom stereocenters. The number of benzene rings is 3. The zero-order chi connectivity index (χ0) is 19.3. The second-order valence-corrected chi connectivity index (χ2v) is 7.17. The molecule has 4 rings (SSSR count). The van der Waals surface area contributed by atoms with Crippen molar-refractivity contribution in [2.75, 3.05) is 13.1 Å². The van der Waals surface area contributed by atoms with Crippen LogP contribution in [0.4, 0.5) is 4.39 Å². The molecule has 0 radical (unpaired) electrons. The molecule has 3 aromatic carbocycles. The Morgan fingerprint density at radius 2 is 1.25 bits per heavy atom. The Morgan fingerprint density at radius 3 is 1.75 bits per heavy atom. The van der Waals surface area contributed by atoms with Gasteiger partial charge >= 0.3 is 0 Å². The van der Waals surface area contributed by atoms with Gasteiger partial charge in [0, 0.05) is 13.1 Å². The van der Waals surface area contributed by atoms with Crippen molar-refractivity contribution in [3.63, 3.8) is 0 Å². The smallest absolute Gasteiger partial charge is 0.133 e. The summed E-state index contributed by atoms with van der Waals surface area (Å²) in [5, 5.41) is 10.7. The average molecular weight is 373 g/mol. The largest absolute Gasteiger partial charge is 0.374 e. The molecule has 1 saturated heterocycles. The summed E-state index contributed by atoms with van der Waals surface area (Å²) in [5.74, 6) is -0.282. The lowest BCUT2D eigenvalue weighted by Crippen LogP contribution is -2.34. The highest BCUT2D eigenvalue weighted by Gasteiger charge is 2.24. The van der Waals surface area contributed by atoms with Crippen LogP contribution in [0.15, 0.2) is 90.5 Å². The molecule has 1 atom stereocenters. The first-order valence-corrected chi connectivity index (χ1v) is 9.73. The summed E-state index contributed by atoms with van der Waals surface area (Å²) in [5.41, 5.74) is 5.92. The van der Waals surface area contributed by atoms with E-state index in [0.29, 0.717) is 0 Å². The molecule has 0 amide bonds. The Bertz CT molecular complexity index is 884. The van der Waals surface area contributed by atoms with E-state index in [4.69, 9.17) is 0 Å². The Morgan fingerprint density at radius 1 is 0.750 bits per heavy atom. The molecule has 1 N–H and O–H groups in total. The molecule has 0 bridgehead atoms. The first-order chi connectivity index (χ1) is 13.7. The number of piperidine rings is 1. The first kappa shape index (κ1) is 18.6. The zero-order valence-electron chi connectivity index (χ0n) is 15.8. The Balaban J connectivity index is 1.58. The lowest BCUT2D eigenvalue weighted by Gasteiger charge is -2.33. The van der Waals surface area contributed by atoms with Gasteiger partial charge in [0.25, 0.3) is 0 Å². The second-order valence-electron chi connectivity index (χ2n) is 7.17. The van der Waals surface area contributed by atoms with E-state index in [-0.39, 0.29) is 5.82 Å². The molecule has 3 aromatic rings. The molecule has 0 aliphatic carbocycles. The lowest BCUT2D eigenvalue weighted by molar-refractivity contribution is -0.00318. The van der Waals surface area contributed by atoms with Crippen molar-refractivity contribution >= 4 is 5.57 Å². The highest BCUT2D eigenvalue weighted by atomic mass is 19.1. The normalized spacial score (nSPS) is 16.0. The number of halogens is 1. The van der Waals surface area contributed by atoms with Crippen molar-refractivity contribution in [1.29, 1.82) is 0 Å². The fraction of sp³-hybridized carbons (Fsp3) is 0.200. The topological polar surface area (TPSA) is 23.5 Å². The van der Waals surface area contributed by atoms with E-state index in [9.17, 15) is 9.50 Å². The molecule has 0 aromatic heterocycles. The first-order valence-electron chi connectivity index (χ1n) is 9.73. The van der Waals surface area contributed by atoms with Gasteiger partial charge in [0.1, 0.15) is 12.0 Å². The van der Waals surface area contributed by atoms with Gasteiger partial charge in [0.2, 0.25) is 0 Å². The van der Waals surface area contributed by atoms with Crippen LogP contribution in [-0.2, 0) is 0 Å². The monoisotopic (exact) mass is 373 g/mol. The molecular weight excluding hydrogens is 349 g/mol. The lowest BCUT2D eigenvalue weighted by atomic mass is 9.88. The van der Waals surface area contributed by atoms with E-state index in [1.165, 1.54) is 34.4 Å². The third-order valence-electron chi connectivity index (χ3n) is 5.39. The number of aliphatic hydroxyl groups excluding tert-OH is 1. The van der Waals surface area contributed by atoms with Crippen molar-refractivity contribution in [1.82, 2.24) is 4.90 Å². The molecule has 0 spiro atoms. The molecular formula is C25H24FNO. The van der Waals surface area contributed by atoms with Crippen LogP contribution in [0.1, 0.15) is 35.8 Å². The highest BCUT2D eigenvalue weighted by Crippen LogP contribution is 2.34. The molecule has 28 heavy (non-hydrogen) atoms. The van der Waals surface area contributed by atoms with Gasteiger partial charge in [-0.2, -0.15) is 0 Å².